The van der Waals surface area contributed by atoms with E-state index in [1.807, 2.05) is 37.3 Å². The van der Waals surface area contributed by atoms with Crippen LogP contribution in [0.15, 0.2) is 58.1 Å². The molecule has 0 heterocycles. The molecule has 0 bridgehead atoms. The van der Waals surface area contributed by atoms with Gasteiger partial charge in [-0.2, -0.15) is 5.10 Å². The molecule has 0 saturated heterocycles. The zero-order valence-electron chi connectivity index (χ0n) is 13.8. The van der Waals surface area contributed by atoms with E-state index in [0.717, 1.165) is 26.2 Å². The molecule has 2 aromatic rings. The van der Waals surface area contributed by atoms with Crippen LogP contribution >= 0.6 is 15.9 Å². The summed E-state index contributed by atoms with van der Waals surface area (Å²) in [5.74, 6) is -0.528. The zero-order valence-corrected chi connectivity index (χ0v) is 16.2. The first-order valence-electron chi connectivity index (χ1n) is 7.37. The van der Waals surface area contributed by atoms with Gasteiger partial charge in [-0.25, -0.2) is 13.8 Å². The monoisotopic (exact) mass is 423 g/mol. The van der Waals surface area contributed by atoms with Crippen LogP contribution in [0.2, 0.25) is 0 Å². The maximum atomic E-state index is 12.1. The molecule has 0 aliphatic rings. The molecule has 1 amide bonds. The van der Waals surface area contributed by atoms with Crippen LogP contribution in [0.25, 0.3) is 0 Å². The van der Waals surface area contributed by atoms with Gasteiger partial charge in [0.2, 0.25) is 10.0 Å². The number of aryl methyl sites for hydroxylation is 1. The van der Waals surface area contributed by atoms with Crippen LogP contribution < -0.4 is 9.73 Å². The first kappa shape index (κ1) is 19.1. The molecule has 2 rings (SSSR count). The summed E-state index contributed by atoms with van der Waals surface area (Å²) in [5.41, 5.74) is 4.49. The van der Waals surface area contributed by atoms with Crippen LogP contribution in [0.3, 0.4) is 0 Å². The minimum absolute atomic E-state index is 0.347. The average molecular weight is 424 g/mol. The quantitative estimate of drug-likeness (QED) is 0.572. The van der Waals surface area contributed by atoms with Gasteiger partial charge < -0.3 is 0 Å². The number of sulfonamides is 1. The highest BCUT2D eigenvalue weighted by Gasteiger charge is 2.20. The van der Waals surface area contributed by atoms with Gasteiger partial charge in [0.15, 0.2) is 0 Å². The molecule has 0 radical (unpaired) electrons. The normalized spacial score (nSPS) is 11.5. The summed E-state index contributed by atoms with van der Waals surface area (Å²) in [6, 6.07) is 14.3. The maximum absolute atomic E-state index is 12.1. The summed E-state index contributed by atoms with van der Waals surface area (Å²) >= 11 is 3.33. The lowest BCUT2D eigenvalue weighted by Crippen LogP contribution is -2.39. The Morgan fingerprint density at radius 1 is 1.24 bits per heavy atom. The molecule has 0 fully saturated rings. The van der Waals surface area contributed by atoms with E-state index in [2.05, 4.69) is 26.5 Å². The first-order valence-corrected chi connectivity index (χ1v) is 10.0. The fourth-order valence-electron chi connectivity index (χ4n) is 2.08. The standard InChI is InChI=1S/C17H18BrN3O3S/c1-13-4-3-5-16(10-13)21(25(2,23)24)12-17(22)20-19-11-14-6-8-15(18)9-7-14/h3-11H,12H2,1-2H3,(H,20,22)/b19-11-. The van der Waals surface area contributed by atoms with Crippen LogP contribution in [-0.4, -0.2) is 33.3 Å². The third-order valence-corrected chi connectivity index (χ3v) is 4.92. The Balaban J connectivity index is 2.06. The number of hydrazone groups is 1. The van der Waals surface area contributed by atoms with Gasteiger partial charge in [-0.15, -0.1) is 0 Å². The number of nitrogens with zero attached hydrogens (tertiary/aromatic N) is 2. The van der Waals surface area contributed by atoms with E-state index < -0.39 is 15.9 Å². The lowest BCUT2D eigenvalue weighted by Gasteiger charge is -2.21. The molecule has 2 aromatic carbocycles. The molecular formula is C17H18BrN3O3S. The van der Waals surface area contributed by atoms with Gasteiger partial charge in [0.1, 0.15) is 6.54 Å². The highest BCUT2D eigenvalue weighted by Crippen LogP contribution is 2.18. The molecular weight excluding hydrogens is 406 g/mol. The molecule has 8 heteroatoms. The number of nitrogens with one attached hydrogen (secondary N) is 1. The fraction of sp³-hybridized carbons (Fsp3) is 0.176. The largest absolute Gasteiger partial charge is 0.271 e. The van der Waals surface area contributed by atoms with Crippen LogP contribution in [0.4, 0.5) is 5.69 Å². The predicted octanol–water partition coefficient (Wildman–Crippen LogP) is 2.67. The second kappa shape index (κ2) is 8.26. The number of rotatable bonds is 6. The Kier molecular flexibility index (Phi) is 6.33. The van der Waals surface area contributed by atoms with Crippen LogP contribution in [0, 0.1) is 6.92 Å². The summed E-state index contributed by atoms with van der Waals surface area (Å²) < 4.78 is 26.0. The van der Waals surface area contributed by atoms with E-state index in [1.54, 1.807) is 18.2 Å². The number of anilines is 1. The molecule has 25 heavy (non-hydrogen) atoms. The molecule has 0 aromatic heterocycles. The van der Waals surface area contributed by atoms with Crippen molar-refractivity contribution >= 4 is 43.8 Å². The highest BCUT2D eigenvalue weighted by molar-refractivity contribution is 9.10. The third-order valence-electron chi connectivity index (χ3n) is 3.25. The van der Waals surface area contributed by atoms with Crippen molar-refractivity contribution in [3.05, 3.63) is 64.1 Å². The van der Waals surface area contributed by atoms with Crippen molar-refractivity contribution in [3.8, 4) is 0 Å². The summed E-state index contributed by atoms with van der Waals surface area (Å²) in [7, 11) is -3.60. The minimum atomic E-state index is -3.60. The maximum Gasteiger partial charge on any atom is 0.260 e. The molecule has 0 spiro atoms. The predicted molar refractivity (Wildman–Crippen MR) is 103 cm³/mol. The Labute approximate surface area is 155 Å². The molecule has 0 atom stereocenters. The van der Waals surface area contributed by atoms with Gasteiger partial charge in [-0.1, -0.05) is 40.2 Å². The van der Waals surface area contributed by atoms with Crippen LogP contribution in [0.5, 0.6) is 0 Å². The van der Waals surface area contributed by atoms with Gasteiger partial charge >= 0.3 is 0 Å². The molecule has 0 saturated carbocycles. The minimum Gasteiger partial charge on any atom is -0.271 e. The number of hydrogen-bond donors (Lipinski definition) is 1. The van der Waals surface area contributed by atoms with Gasteiger partial charge in [0, 0.05) is 4.47 Å². The molecule has 6 nitrogen and oxygen atoms in total. The number of halogens is 1. The molecule has 0 aliphatic carbocycles. The van der Waals surface area contributed by atoms with Gasteiger partial charge in [0.25, 0.3) is 5.91 Å². The molecule has 0 unspecified atom stereocenters. The summed E-state index contributed by atoms with van der Waals surface area (Å²) in [6.07, 6.45) is 2.55. The number of benzene rings is 2. The highest BCUT2D eigenvalue weighted by atomic mass is 79.9. The number of amides is 1. The van der Waals surface area contributed by atoms with Crippen molar-refractivity contribution in [1.82, 2.24) is 5.43 Å². The number of carbonyl (C=O) groups excluding carboxylic acids is 1. The Morgan fingerprint density at radius 2 is 1.92 bits per heavy atom. The van der Waals surface area contributed by atoms with E-state index in [9.17, 15) is 13.2 Å². The van der Waals surface area contributed by atoms with Gasteiger partial charge in [-0.3, -0.25) is 9.10 Å². The SMILES string of the molecule is Cc1cccc(N(CC(=O)N/N=C\c2ccc(Br)cc2)S(C)(=O)=O)c1. The van der Waals surface area contributed by atoms with Crippen LogP contribution in [-0.2, 0) is 14.8 Å². The number of hydrogen-bond acceptors (Lipinski definition) is 4. The molecule has 132 valence electrons. The zero-order chi connectivity index (χ0) is 18.4. The Morgan fingerprint density at radius 3 is 2.52 bits per heavy atom. The second-order valence-corrected chi connectivity index (χ2v) is 8.28. The number of carbonyl (C=O) groups is 1. The topological polar surface area (TPSA) is 78.8 Å². The average Bonchev–Trinajstić information content (AvgIpc) is 2.53. The van der Waals surface area contributed by atoms with E-state index >= 15 is 0 Å². The Bertz CT molecular complexity index is 880. The summed E-state index contributed by atoms with van der Waals surface area (Å²) in [4.78, 5) is 12.1. The van der Waals surface area contributed by atoms with Crippen molar-refractivity contribution in [3.63, 3.8) is 0 Å². The summed E-state index contributed by atoms with van der Waals surface area (Å²) in [5, 5.41) is 3.86. The van der Waals surface area contributed by atoms with Crippen LogP contribution in [0.1, 0.15) is 11.1 Å². The van der Waals surface area contributed by atoms with Crippen molar-refractivity contribution < 1.29 is 13.2 Å². The third kappa shape index (κ3) is 5.99. The van der Waals surface area contributed by atoms with E-state index in [-0.39, 0.29) is 6.54 Å². The lowest BCUT2D eigenvalue weighted by atomic mass is 10.2. The van der Waals surface area contributed by atoms with Gasteiger partial charge in [-0.05, 0) is 42.3 Å². The lowest BCUT2D eigenvalue weighted by molar-refractivity contribution is -0.119. The molecule has 0 aliphatic heterocycles. The molecule has 1 N–H and O–H groups in total. The van der Waals surface area contributed by atoms with E-state index in [0.29, 0.717) is 5.69 Å². The van der Waals surface area contributed by atoms with Crippen molar-refractivity contribution in [2.24, 2.45) is 5.10 Å². The van der Waals surface area contributed by atoms with Crippen molar-refractivity contribution in [1.29, 1.82) is 0 Å². The summed E-state index contributed by atoms with van der Waals surface area (Å²) in [6.45, 7) is 1.51. The van der Waals surface area contributed by atoms with Crippen molar-refractivity contribution in [2.75, 3.05) is 17.1 Å². The first-order chi connectivity index (χ1) is 11.8. The van der Waals surface area contributed by atoms with Crippen molar-refractivity contribution in [2.45, 2.75) is 6.92 Å². The fourth-order valence-corrected chi connectivity index (χ4v) is 3.19. The van der Waals surface area contributed by atoms with E-state index in [4.69, 9.17) is 0 Å². The van der Waals surface area contributed by atoms with E-state index in [1.165, 1.54) is 6.21 Å². The Hall–Kier alpha value is -2.19. The second-order valence-electron chi connectivity index (χ2n) is 5.45. The van der Waals surface area contributed by atoms with Gasteiger partial charge in [0.05, 0.1) is 18.2 Å². The smallest absolute Gasteiger partial charge is 0.260 e.